The summed E-state index contributed by atoms with van der Waals surface area (Å²) in [6, 6.07) is 9.75. The third kappa shape index (κ3) is 3.80. The van der Waals surface area contributed by atoms with Gasteiger partial charge in [0.15, 0.2) is 0 Å². The number of carbonyl (C=O) groups excluding carboxylic acids is 1. The fourth-order valence-corrected chi connectivity index (χ4v) is 2.09. The minimum Gasteiger partial charge on any atom is -0.492 e. The summed E-state index contributed by atoms with van der Waals surface area (Å²) < 4.78 is 5.33. The number of nitrogens with two attached hydrogens (primary N) is 1. The minimum atomic E-state index is -0.293. The second-order valence-corrected chi connectivity index (χ2v) is 5.08. The number of benzene rings is 2. The van der Waals surface area contributed by atoms with Crippen molar-refractivity contribution in [2.45, 2.75) is 6.92 Å². The van der Waals surface area contributed by atoms with Crippen LogP contribution in [0.4, 0.5) is 11.4 Å². The van der Waals surface area contributed by atoms with Crippen LogP contribution in [0.3, 0.4) is 0 Å². The number of halogens is 2. The Labute approximate surface area is 132 Å². The van der Waals surface area contributed by atoms with E-state index in [1.807, 2.05) is 6.92 Å². The summed E-state index contributed by atoms with van der Waals surface area (Å²) in [5.41, 5.74) is 7.02. The second-order valence-electron chi connectivity index (χ2n) is 4.27. The zero-order valence-corrected chi connectivity index (χ0v) is 12.8. The van der Waals surface area contributed by atoms with Gasteiger partial charge in [-0.25, -0.2) is 0 Å². The molecule has 0 aliphatic heterocycles. The number of anilines is 2. The fraction of sp³-hybridized carbons (Fsp3) is 0.133. The van der Waals surface area contributed by atoms with Crippen molar-refractivity contribution in [3.8, 4) is 5.75 Å². The molecule has 0 heterocycles. The van der Waals surface area contributed by atoms with E-state index in [2.05, 4.69) is 5.32 Å². The summed E-state index contributed by atoms with van der Waals surface area (Å²) in [4.78, 5) is 12.1. The lowest BCUT2D eigenvalue weighted by Gasteiger charge is -2.09. The summed E-state index contributed by atoms with van der Waals surface area (Å²) in [6.07, 6.45) is 0. The molecule has 1 amide bonds. The number of amides is 1. The summed E-state index contributed by atoms with van der Waals surface area (Å²) in [5.74, 6) is 0.284. The number of hydrogen-bond acceptors (Lipinski definition) is 3. The third-order valence-corrected chi connectivity index (χ3v) is 3.39. The molecule has 21 heavy (non-hydrogen) atoms. The number of nitrogen functional groups attached to an aromatic ring is 1. The molecule has 6 heteroatoms. The number of rotatable bonds is 4. The summed E-state index contributed by atoms with van der Waals surface area (Å²) in [6.45, 7) is 2.40. The van der Waals surface area contributed by atoms with Crippen LogP contribution in [0.2, 0.25) is 10.0 Å². The first-order valence-electron chi connectivity index (χ1n) is 6.30. The van der Waals surface area contributed by atoms with Crippen molar-refractivity contribution >= 4 is 40.5 Å². The van der Waals surface area contributed by atoms with E-state index in [1.165, 1.54) is 6.07 Å². The van der Waals surface area contributed by atoms with Gasteiger partial charge in [-0.3, -0.25) is 4.79 Å². The fourth-order valence-electron chi connectivity index (χ4n) is 1.74. The van der Waals surface area contributed by atoms with Gasteiger partial charge in [0.05, 0.1) is 22.3 Å². The molecule has 0 radical (unpaired) electrons. The Balaban J connectivity index is 2.15. The van der Waals surface area contributed by atoms with Crippen molar-refractivity contribution in [1.82, 2.24) is 0 Å². The van der Waals surface area contributed by atoms with Gasteiger partial charge in [0.25, 0.3) is 5.91 Å². The molecule has 0 unspecified atom stereocenters. The molecule has 0 atom stereocenters. The van der Waals surface area contributed by atoms with Gasteiger partial charge in [-0.1, -0.05) is 23.2 Å². The van der Waals surface area contributed by atoms with E-state index >= 15 is 0 Å². The maximum absolute atomic E-state index is 12.1. The lowest BCUT2D eigenvalue weighted by atomic mass is 10.2. The topological polar surface area (TPSA) is 64.3 Å². The zero-order chi connectivity index (χ0) is 15.4. The Bertz CT molecular complexity index is 675. The van der Waals surface area contributed by atoms with E-state index in [0.717, 1.165) is 0 Å². The molecule has 0 spiro atoms. The van der Waals surface area contributed by atoms with Crippen LogP contribution in [-0.4, -0.2) is 12.5 Å². The molecular formula is C15H14Cl2N2O2. The Morgan fingerprint density at radius 1 is 1.19 bits per heavy atom. The molecule has 2 aromatic rings. The molecule has 2 rings (SSSR count). The van der Waals surface area contributed by atoms with Crippen molar-refractivity contribution < 1.29 is 9.53 Å². The zero-order valence-electron chi connectivity index (χ0n) is 11.3. The van der Waals surface area contributed by atoms with Crippen LogP contribution in [0.5, 0.6) is 5.75 Å². The molecule has 0 saturated heterocycles. The van der Waals surface area contributed by atoms with Crippen molar-refractivity contribution in [2.24, 2.45) is 0 Å². The van der Waals surface area contributed by atoms with Crippen LogP contribution in [0.15, 0.2) is 36.4 Å². The van der Waals surface area contributed by atoms with Gasteiger partial charge in [-0.05, 0) is 43.3 Å². The quantitative estimate of drug-likeness (QED) is 0.827. The Hall–Kier alpha value is -1.91. The lowest BCUT2D eigenvalue weighted by Crippen LogP contribution is -2.12. The Morgan fingerprint density at radius 2 is 1.95 bits per heavy atom. The summed E-state index contributed by atoms with van der Waals surface area (Å²) >= 11 is 11.9. The second kappa shape index (κ2) is 6.70. The van der Waals surface area contributed by atoms with Crippen molar-refractivity contribution in [2.75, 3.05) is 17.7 Å². The summed E-state index contributed by atoms with van der Waals surface area (Å²) in [5, 5.41) is 3.59. The highest BCUT2D eigenvalue weighted by Gasteiger charge is 2.09. The van der Waals surface area contributed by atoms with Gasteiger partial charge in [-0.15, -0.1) is 0 Å². The first-order chi connectivity index (χ1) is 10.0. The van der Waals surface area contributed by atoms with E-state index in [1.54, 1.807) is 30.3 Å². The highest BCUT2D eigenvalue weighted by atomic mass is 35.5. The van der Waals surface area contributed by atoms with Gasteiger partial charge >= 0.3 is 0 Å². The minimum absolute atomic E-state index is 0.293. The molecule has 0 aromatic heterocycles. The van der Waals surface area contributed by atoms with E-state index in [4.69, 9.17) is 33.7 Å². The molecular weight excluding hydrogens is 311 g/mol. The van der Waals surface area contributed by atoms with Crippen LogP contribution in [-0.2, 0) is 0 Å². The number of hydrogen-bond donors (Lipinski definition) is 2. The number of carbonyl (C=O) groups is 1. The van der Waals surface area contributed by atoms with Crippen molar-refractivity contribution in [3.05, 3.63) is 52.0 Å². The van der Waals surface area contributed by atoms with E-state index < -0.39 is 0 Å². The van der Waals surface area contributed by atoms with Gasteiger partial charge in [0, 0.05) is 11.3 Å². The third-order valence-electron chi connectivity index (χ3n) is 2.75. The van der Waals surface area contributed by atoms with Crippen LogP contribution in [0.25, 0.3) is 0 Å². The Morgan fingerprint density at radius 3 is 2.57 bits per heavy atom. The van der Waals surface area contributed by atoms with E-state index in [0.29, 0.717) is 39.3 Å². The van der Waals surface area contributed by atoms with Gasteiger partial charge in [0.1, 0.15) is 5.75 Å². The van der Waals surface area contributed by atoms with Crippen molar-refractivity contribution in [3.63, 3.8) is 0 Å². The highest BCUT2D eigenvalue weighted by molar-refractivity contribution is 6.33. The molecule has 3 N–H and O–H groups in total. The SMILES string of the molecule is CCOc1ccc(NC(=O)c2ccc(Cl)c(N)c2)cc1Cl. The average Bonchev–Trinajstić information content (AvgIpc) is 2.45. The van der Waals surface area contributed by atoms with Crippen molar-refractivity contribution in [1.29, 1.82) is 0 Å². The molecule has 2 aromatic carbocycles. The highest BCUT2D eigenvalue weighted by Crippen LogP contribution is 2.28. The molecule has 0 fully saturated rings. The smallest absolute Gasteiger partial charge is 0.255 e. The van der Waals surface area contributed by atoms with Crippen LogP contribution in [0, 0.1) is 0 Å². The normalized spacial score (nSPS) is 10.2. The molecule has 110 valence electrons. The number of ether oxygens (including phenoxy) is 1. The monoisotopic (exact) mass is 324 g/mol. The van der Waals surface area contributed by atoms with Crippen LogP contribution < -0.4 is 15.8 Å². The maximum Gasteiger partial charge on any atom is 0.255 e. The largest absolute Gasteiger partial charge is 0.492 e. The van der Waals surface area contributed by atoms with Crippen LogP contribution in [0.1, 0.15) is 17.3 Å². The first kappa shape index (κ1) is 15.5. The van der Waals surface area contributed by atoms with E-state index in [9.17, 15) is 4.79 Å². The molecule has 4 nitrogen and oxygen atoms in total. The predicted octanol–water partition coefficient (Wildman–Crippen LogP) is 4.23. The lowest BCUT2D eigenvalue weighted by molar-refractivity contribution is 0.102. The number of nitrogens with one attached hydrogen (secondary N) is 1. The standard InChI is InChI=1S/C15H14Cl2N2O2/c1-2-21-14-6-4-10(8-12(14)17)19-15(20)9-3-5-11(16)13(18)7-9/h3-8H,2,18H2,1H3,(H,19,20). The summed E-state index contributed by atoms with van der Waals surface area (Å²) in [7, 11) is 0. The maximum atomic E-state index is 12.1. The Kier molecular flexibility index (Phi) is 4.94. The van der Waals surface area contributed by atoms with Gasteiger partial charge in [-0.2, -0.15) is 0 Å². The first-order valence-corrected chi connectivity index (χ1v) is 7.05. The van der Waals surface area contributed by atoms with E-state index in [-0.39, 0.29) is 5.91 Å². The van der Waals surface area contributed by atoms with Gasteiger partial charge < -0.3 is 15.8 Å². The molecule has 0 saturated carbocycles. The average molecular weight is 325 g/mol. The van der Waals surface area contributed by atoms with Gasteiger partial charge in [0.2, 0.25) is 0 Å². The molecule has 0 bridgehead atoms. The van der Waals surface area contributed by atoms with Crippen LogP contribution >= 0.6 is 23.2 Å². The molecule has 0 aliphatic carbocycles. The predicted molar refractivity (Wildman–Crippen MR) is 86.4 cm³/mol. The molecule has 0 aliphatic rings.